The van der Waals surface area contributed by atoms with Gasteiger partial charge in [-0.15, -0.1) is 0 Å². The number of esters is 1. The number of carbonyl (C=O) groups is 1. The molecule has 0 aliphatic rings. The number of pyridine rings is 1. The van der Waals surface area contributed by atoms with Crippen LogP contribution in [0.15, 0.2) is 66.9 Å². The van der Waals surface area contributed by atoms with Crippen LogP contribution in [0, 0.1) is 0 Å². The zero-order valence-electron chi connectivity index (χ0n) is 16.9. The lowest BCUT2D eigenvalue weighted by Gasteiger charge is -2.14. The Hall–Kier alpha value is -3.26. The SMILES string of the molecule is C[C@@H](Oc1ccc(Oc2ncc(C(F)(F)F)cc2Cl)cc1)C(=O)OCCc1ccccc1. The minimum Gasteiger partial charge on any atom is -0.479 e. The largest absolute Gasteiger partial charge is 0.479 e. The predicted octanol–water partition coefficient (Wildman–Crippen LogP) is 6.10. The van der Waals surface area contributed by atoms with Crippen molar-refractivity contribution in [3.05, 3.63) is 83.0 Å². The van der Waals surface area contributed by atoms with Crippen LogP contribution >= 0.6 is 11.6 Å². The smallest absolute Gasteiger partial charge is 0.417 e. The summed E-state index contributed by atoms with van der Waals surface area (Å²) in [6.45, 7) is 1.81. The molecule has 0 amide bonds. The summed E-state index contributed by atoms with van der Waals surface area (Å²) in [5, 5.41) is -0.271. The van der Waals surface area contributed by atoms with Crippen LogP contribution in [-0.4, -0.2) is 23.7 Å². The Bertz CT molecular complexity index is 1040. The van der Waals surface area contributed by atoms with E-state index in [4.69, 9.17) is 25.8 Å². The molecule has 1 atom stereocenters. The highest BCUT2D eigenvalue weighted by atomic mass is 35.5. The molecule has 1 aromatic heterocycles. The van der Waals surface area contributed by atoms with Crippen molar-refractivity contribution in [2.24, 2.45) is 0 Å². The van der Waals surface area contributed by atoms with Gasteiger partial charge in [-0.25, -0.2) is 9.78 Å². The van der Waals surface area contributed by atoms with Crippen molar-refractivity contribution in [1.29, 1.82) is 0 Å². The number of hydrogen-bond acceptors (Lipinski definition) is 5. The number of halogens is 4. The van der Waals surface area contributed by atoms with E-state index < -0.39 is 23.8 Å². The number of aromatic nitrogens is 1. The van der Waals surface area contributed by atoms with Crippen molar-refractivity contribution in [2.45, 2.75) is 25.6 Å². The van der Waals surface area contributed by atoms with Gasteiger partial charge < -0.3 is 14.2 Å². The molecule has 0 aliphatic carbocycles. The first-order chi connectivity index (χ1) is 15.2. The molecule has 0 spiro atoms. The highest BCUT2D eigenvalue weighted by Gasteiger charge is 2.31. The third kappa shape index (κ3) is 6.62. The number of carbonyl (C=O) groups excluding carboxylic acids is 1. The highest BCUT2D eigenvalue weighted by Crippen LogP contribution is 2.34. The lowest BCUT2D eigenvalue weighted by Crippen LogP contribution is -2.26. The zero-order valence-corrected chi connectivity index (χ0v) is 17.7. The van der Waals surface area contributed by atoms with E-state index in [1.165, 1.54) is 12.1 Å². The van der Waals surface area contributed by atoms with E-state index >= 15 is 0 Å². The maximum atomic E-state index is 12.7. The highest BCUT2D eigenvalue weighted by molar-refractivity contribution is 6.31. The van der Waals surface area contributed by atoms with Crippen molar-refractivity contribution in [1.82, 2.24) is 4.98 Å². The molecular weight excluding hydrogens is 447 g/mol. The van der Waals surface area contributed by atoms with Crippen molar-refractivity contribution in [2.75, 3.05) is 6.61 Å². The molecule has 168 valence electrons. The molecule has 2 aromatic carbocycles. The summed E-state index contributed by atoms with van der Waals surface area (Å²) < 4.78 is 54.3. The van der Waals surface area contributed by atoms with Crippen LogP contribution in [0.4, 0.5) is 13.2 Å². The molecule has 32 heavy (non-hydrogen) atoms. The lowest BCUT2D eigenvalue weighted by atomic mass is 10.2. The second-order valence-electron chi connectivity index (χ2n) is 6.75. The minimum absolute atomic E-state index is 0.163. The van der Waals surface area contributed by atoms with E-state index in [0.29, 0.717) is 18.4 Å². The summed E-state index contributed by atoms with van der Waals surface area (Å²) in [6.07, 6.45) is -4.13. The molecule has 3 aromatic rings. The Morgan fingerprint density at radius 3 is 2.34 bits per heavy atom. The summed E-state index contributed by atoms with van der Waals surface area (Å²) in [6, 6.07) is 16.5. The summed E-state index contributed by atoms with van der Waals surface area (Å²) >= 11 is 5.84. The summed E-state index contributed by atoms with van der Waals surface area (Å²) in [5.74, 6) is 0.00613. The first-order valence-corrected chi connectivity index (χ1v) is 9.98. The van der Waals surface area contributed by atoms with E-state index in [9.17, 15) is 18.0 Å². The van der Waals surface area contributed by atoms with Crippen LogP contribution < -0.4 is 9.47 Å². The van der Waals surface area contributed by atoms with Gasteiger partial charge in [0.05, 0.1) is 12.2 Å². The van der Waals surface area contributed by atoms with E-state index in [1.54, 1.807) is 19.1 Å². The third-order valence-electron chi connectivity index (χ3n) is 4.30. The Labute approximate surface area is 187 Å². The van der Waals surface area contributed by atoms with Crippen LogP contribution in [-0.2, 0) is 22.1 Å². The lowest BCUT2D eigenvalue weighted by molar-refractivity contribution is -0.151. The number of hydrogen-bond donors (Lipinski definition) is 0. The van der Waals surface area contributed by atoms with E-state index in [2.05, 4.69) is 4.98 Å². The number of alkyl halides is 3. The average Bonchev–Trinajstić information content (AvgIpc) is 2.76. The first kappa shape index (κ1) is 23.4. The van der Waals surface area contributed by atoms with Crippen molar-refractivity contribution in [3.63, 3.8) is 0 Å². The van der Waals surface area contributed by atoms with Crippen LogP contribution in [0.3, 0.4) is 0 Å². The molecule has 0 radical (unpaired) electrons. The molecular formula is C23H19ClF3NO4. The fraction of sp³-hybridized carbons (Fsp3) is 0.217. The zero-order chi connectivity index (χ0) is 23.1. The summed E-state index contributed by atoms with van der Waals surface area (Å²) in [5.41, 5.74) is 0.0929. The molecule has 0 saturated heterocycles. The van der Waals surface area contributed by atoms with Gasteiger partial charge in [0.1, 0.15) is 16.5 Å². The van der Waals surface area contributed by atoms with Crippen LogP contribution in [0.2, 0.25) is 5.02 Å². The fourth-order valence-corrected chi connectivity index (χ4v) is 2.84. The molecule has 0 N–H and O–H groups in total. The Morgan fingerprint density at radius 2 is 1.72 bits per heavy atom. The quantitative estimate of drug-likeness (QED) is 0.376. The van der Waals surface area contributed by atoms with Gasteiger partial charge in [-0.1, -0.05) is 41.9 Å². The normalized spacial score (nSPS) is 12.2. The fourth-order valence-electron chi connectivity index (χ4n) is 2.64. The molecule has 3 rings (SSSR count). The van der Waals surface area contributed by atoms with Crippen molar-refractivity contribution in [3.8, 4) is 17.4 Å². The second kappa shape index (κ2) is 10.4. The average molecular weight is 466 g/mol. The van der Waals surface area contributed by atoms with Gasteiger partial charge in [-0.2, -0.15) is 13.2 Å². The van der Waals surface area contributed by atoms with Gasteiger partial charge in [0.25, 0.3) is 0 Å². The summed E-state index contributed by atoms with van der Waals surface area (Å²) in [4.78, 5) is 15.7. The third-order valence-corrected chi connectivity index (χ3v) is 4.57. The Balaban J connectivity index is 1.51. The topological polar surface area (TPSA) is 57.7 Å². The predicted molar refractivity (Wildman–Crippen MR) is 112 cm³/mol. The van der Waals surface area contributed by atoms with Gasteiger partial charge in [0, 0.05) is 12.6 Å². The molecule has 0 fully saturated rings. The van der Waals surface area contributed by atoms with Gasteiger partial charge in [0.15, 0.2) is 6.10 Å². The molecule has 0 unspecified atom stereocenters. The van der Waals surface area contributed by atoms with Crippen LogP contribution in [0.1, 0.15) is 18.1 Å². The van der Waals surface area contributed by atoms with Crippen molar-refractivity contribution >= 4 is 17.6 Å². The van der Waals surface area contributed by atoms with E-state index in [-0.39, 0.29) is 23.3 Å². The van der Waals surface area contributed by atoms with E-state index in [1.807, 2.05) is 30.3 Å². The van der Waals surface area contributed by atoms with Gasteiger partial charge in [0.2, 0.25) is 5.88 Å². The molecule has 0 bridgehead atoms. The van der Waals surface area contributed by atoms with Crippen LogP contribution in [0.5, 0.6) is 17.4 Å². The molecule has 0 saturated carbocycles. The number of nitrogens with zero attached hydrogens (tertiary/aromatic N) is 1. The minimum atomic E-state index is -4.55. The maximum absolute atomic E-state index is 12.7. The van der Waals surface area contributed by atoms with E-state index in [0.717, 1.165) is 11.6 Å². The number of benzene rings is 2. The van der Waals surface area contributed by atoms with Gasteiger partial charge in [-0.05, 0) is 42.8 Å². The maximum Gasteiger partial charge on any atom is 0.417 e. The molecule has 9 heteroatoms. The first-order valence-electron chi connectivity index (χ1n) is 9.60. The number of ether oxygens (including phenoxy) is 3. The monoisotopic (exact) mass is 465 g/mol. The number of rotatable bonds is 8. The van der Waals surface area contributed by atoms with Gasteiger partial charge in [-0.3, -0.25) is 0 Å². The second-order valence-corrected chi connectivity index (χ2v) is 7.15. The van der Waals surface area contributed by atoms with Gasteiger partial charge >= 0.3 is 12.1 Å². The van der Waals surface area contributed by atoms with Crippen molar-refractivity contribution < 1.29 is 32.2 Å². The Morgan fingerprint density at radius 1 is 1.06 bits per heavy atom. The Kier molecular flexibility index (Phi) is 7.58. The standard InChI is InChI=1S/C23H19ClF3NO4/c1-15(22(29)30-12-11-16-5-3-2-4-6-16)31-18-7-9-19(10-8-18)32-21-20(24)13-17(14-28-21)23(25,26)27/h2-10,13-15H,11-12H2,1H3/t15-/m1/s1. The molecule has 5 nitrogen and oxygen atoms in total. The molecule has 0 aliphatic heterocycles. The molecule has 1 heterocycles. The summed E-state index contributed by atoms with van der Waals surface area (Å²) in [7, 11) is 0. The van der Waals surface area contributed by atoms with Crippen LogP contribution in [0.25, 0.3) is 0 Å².